The molecule has 1 atom stereocenters. The second-order valence-electron chi connectivity index (χ2n) is 11.3. The molecular weight excluding hydrogens is 476 g/mol. The molecule has 3 heterocycles. The van der Waals surface area contributed by atoms with Crippen molar-refractivity contribution < 1.29 is 23.0 Å². The first-order valence-corrected chi connectivity index (χ1v) is 13.1. The van der Waals surface area contributed by atoms with Crippen LogP contribution in [0.3, 0.4) is 0 Å². The molecule has 1 aliphatic heterocycles. The van der Waals surface area contributed by atoms with Crippen LogP contribution >= 0.6 is 0 Å². The number of aromatic nitrogens is 2. The van der Waals surface area contributed by atoms with Crippen LogP contribution in [-0.2, 0) is 14.3 Å². The number of ether oxygens (including phenoxy) is 2. The van der Waals surface area contributed by atoms with Crippen LogP contribution in [0.5, 0.6) is 0 Å². The Morgan fingerprint density at radius 1 is 1.08 bits per heavy atom. The van der Waals surface area contributed by atoms with E-state index in [1.165, 1.54) is 6.20 Å². The highest BCUT2D eigenvalue weighted by atomic mass is 19.2. The van der Waals surface area contributed by atoms with Gasteiger partial charge in [-0.05, 0) is 65.9 Å². The summed E-state index contributed by atoms with van der Waals surface area (Å²) in [5, 5.41) is 0. The van der Waals surface area contributed by atoms with Crippen molar-refractivity contribution in [3.05, 3.63) is 41.5 Å². The molecule has 37 heavy (non-hydrogen) atoms. The van der Waals surface area contributed by atoms with Gasteiger partial charge < -0.3 is 14.4 Å². The Morgan fingerprint density at radius 3 is 2.19 bits per heavy atom. The molecule has 0 unspecified atom stereocenters. The average Bonchev–Trinajstić information content (AvgIpc) is 2.80. The Morgan fingerprint density at radius 2 is 1.68 bits per heavy atom. The first-order valence-electron chi connectivity index (χ1n) is 13.1. The van der Waals surface area contributed by atoms with Gasteiger partial charge in [-0.25, -0.2) is 14.2 Å². The molecule has 0 amide bonds. The molecule has 0 bridgehead atoms. The Kier molecular flexibility index (Phi) is 10.2. The zero-order valence-corrected chi connectivity index (χ0v) is 24.0. The Hall–Kier alpha value is -2.61. The fraction of sp³-hybridized carbons (Fsp3) is 0.621. The highest BCUT2D eigenvalue weighted by Crippen LogP contribution is 2.43. The number of nitrogens with zero attached hydrogens (tertiary/aromatic N) is 3. The van der Waals surface area contributed by atoms with Crippen molar-refractivity contribution in [3.63, 3.8) is 0 Å². The summed E-state index contributed by atoms with van der Waals surface area (Å²) in [6.07, 6.45) is 3.41. The first kappa shape index (κ1) is 30.6. The monoisotopic (exact) mass is 519 g/mol. The van der Waals surface area contributed by atoms with Crippen LogP contribution in [0.1, 0.15) is 92.5 Å². The predicted octanol–water partition coefficient (Wildman–Crippen LogP) is 7.19. The number of esters is 1. The van der Waals surface area contributed by atoms with E-state index in [9.17, 15) is 13.6 Å². The number of hydrogen-bond acceptors (Lipinski definition) is 6. The number of rotatable bonds is 6. The summed E-state index contributed by atoms with van der Waals surface area (Å²) in [5.74, 6) is -2.72. The molecule has 1 fully saturated rings. The number of carbonyl (C=O) groups is 1. The minimum absolute atomic E-state index is 0.181. The topological polar surface area (TPSA) is 64.5 Å². The first-order chi connectivity index (χ1) is 17.2. The lowest BCUT2D eigenvalue weighted by Gasteiger charge is -2.41. The van der Waals surface area contributed by atoms with Crippen molar-refractivity contribution in [2.24, 2.45) is 5.41 Å². The minimum atomic E-state index is -1.16. The van der Waals surface area contributed by atoms with E-state index in [4.69, 9.17) is 9.47 Å². The molecule has 2 aromatic heterocycles. The number of hydrogen-bond donors (Lipinski definition) is 0. The van der Waals surface area contributed by atoms with Crippen LogP contribution in [-0.4, -0.2) is 40.7 Å². The molecule has 1 saturated heterocycles. The van der Waals surface area contributed by atoms with Gasteiger partial charge in [-0.2, -0.15) is 4.39 Å². The van der Waals surface area contributed by atoms with Gasteiger partial charge in [0.2, 0.25) is 5.95 Å². The fourth-order valence-corrected chi connectivity index (χ4v) is 4.25. The Labute approximate surface area is 220 Å². The second kappa shape index (κ2) is 12.3. The lowest BCUT2D eigenvalue weighted by Crippen LogP contribution is -2.39. The largest absolute Gasteiger partial charge is 0.461 e. The summed E-state index contributed by atoms with van der Waals surface area (Å²) in [6.45, 7) is 20.9. The molecule has 0 radical (unpaired) electrons. The molecule has 0 spiro atoms. The molecule has 0 saturated carbocycles. The predicted molar refractivity (Wildman–Crippen MR) is 144 cm³/mol. The summed E-state index contributed by atoms with van der Waals surface area (Å²) in [6, 6.07) is 1.11. The van der Waals surface area contributed by atoms with Crippen molar-refractivity contribution in [2.75, 3.05) is 18.0 Å². The van der Waals surface area contributed by atoms with Gasteiger partial charge in [0.15, 0.2) is 11.9 Å². The molecule has 8 heteroatoms. The van der Waals surface area contributed by atoms with Crippen molar-refractivity contribution in [1.82, 2.24) is 9.97 Å². The van der Waals surface area contributed by atoms with E-state index in [-0.39, 0.29) is 11.5 Å². The molecule has 3 rings (SSSR count). The van der Waals surface area contributed by atoms with Crippen molar-refractivity contribution in [1.29, 1.82) is 0 Å². The smallest absolute Gasteiger partial charge is 0.340 e. The maximum atomic E-state index is 14.2. The van der Waals surface area contributed by atoms with E-state index < -0.39 is 29.4 Å². The molecule has 0 aromatic carbocycles. The summed E-state index contributed by atoms with van der Waals surface area (Å²) in [5.41, 5.74) is 2.37. The lowest BCUT2D eigenvalue weighted by atomic mass is 9.82. The van der Waals surface area contributed by atoms with Gasteiger partial charge in [-0.15, -0.1) is 0 Å². The van der Waals surface area contributed by atoms with Crippen LogP contribution in [0, 0.1) is 24.1 Å². The van der Waals surface area contributed by atoms with E-state index in [0.717, 1.165) is 37.7 Å². The zero-order valence-electron chi connectivity index (χ0n) is 24.0. The molecule has 206 valence electrons. The number of anilines is 1. The fourth-order valence-electron chi connectivity index (χ4n) is 4.25. The Balaban J connectivity index is 0.00000235. The maximum Gasteiger partial charge on any atom is 0.340 e. The third-order valence-corrected chi connectivity index (χ3v) is 6.13. The number of aryl methyl sites for hydroxylation is 1. The molecule has 6 nitrogen and oxygen atoms in total. The highest BCUT2D eigenvalue weighted by Gasteiger charge is 2.37. The van der Waals surface area contributed by atoms with E-state index in [1.807, 2.05) is 41.5 Å². The maximum absolute atomic E-state index is 14.2. The van der Waals surface area contributed by atoms with Crippen molar-refractivity contribution >= 4 is 11.7 Å². The molecule has 2 aromatic rings. The third kappa shape index (κ3) is 7.94. The van der Waals surface area contributed by atoms with Gasteiger partial charge in [0, 0.05) is 47.9 Å². The molecule has 1 aliphatic rings. The van der Waals surface area contributed by atoms with Crippen LogP contribution in [0.15, 0.2) is 18.5 Å². The average molecular weight is 520 g/mol. The summed E-state index contributed by atoms with van der Waals surface area (Å²) < 4.78 is 39.7. The van der Waals surface area contributed by atoms with Gasteiger partial charge in [0.25, 0.3) is 0 Å². The quantitative estimate of drug-likeness (QED) is 0.297. The van der Waals surface area contributed by atoms with Crippen molar-refractivity contribution in [3.8, 4) is 11.1 Å². The summed E-state index contributed by atoms with van der Waals surface area (Å²) in [4.78, 5) is 23.7. The highest BCUT2D eigenvalue weighted by molar-refractivity contribution is 5.87. The summed E-state index contributed by atoms with van der Waals surface area (Å²) in [7, 11) is 0. The normalized spacial score (nSPS) is 16.2. The number of carbonyl (C=O) groups excluding carboxylic acids is 1. The summed E-state index contributed by atoms with van der Waals surface area (Å²) >= 11 is 0. The lowest BCUT2D eigenvalue weighted by molar-refractivity contribution is -0.171. The van der Waals surface area contributed by atoms with Gasteiger partial charge in [0.05, 0.1) is 17.4 Å². The van der Waals surface area contributed by atoms with Gasteiger partial charge in [-0.1, -0.05) is 27.7 Å². The molecular formula is C29H43F2N3O3. The molecule has 0 N–H and O–H groups in total. The van der Waals surface area contributed by atoms with E-state index in [2.05, 4.69) is 28.7 Å². The Bertz CT molecular complexity index is 1070. The molecule has 0 aliphatic carbocycles. The zero-order chi connectivity index (χ0) is 28.1. The number of piperidine rings is 1. The number of pyridine rings is 2. The van der Waals surface area contributed by atoms with E-state index >= 15 is 0 Å². The van der Waals surface area contributed by atoms with Crippen molar-refractivity contribution in [2.45, 2.75) is 99.9 Å². The van der Waals surface area contributed by atoms with Crippen LogP contribution < -0.4 is 4.90 Å². The van der Waals surface area contributed by atoms with E-state index in [1.54, 1.807) is 20.0 Å². The van der Waals surface area contributed by atoms with Gasteiger partial charge in [-0.3, -0.25) is 4.98 Å². The van der Waals surface area contributed by atoms with Gasteiger partial charge in [0.1, 0.15) is 0 Å². The van der Waals surface area contributed by atoms with Crippen LogP contribution in [0.2, 0.25) is 0 Å². The SMILES string of the molecule is CC.Cc1ncc(-c2cnc(F)c(F)c2)c(N2CCC(C)(C)CC2)c1[C@H](OC(C)(C)C)C(=O)OC(C)C. The second-order valence-corrected chi connectivity index (χ2v) is 11.3. The number of halogens is 2. The van der Waals surface area contributed by atoms with Crippen LogP contribution in [0.25, 0.3) is 11.1 Å². The van der Waals surface area contributed by atoms with Gasteiger partial charge >= 0.3 is 5.97 Å². The van der Waals surface area contributed by atoms with E-state index in [0.29, 0.717) is 22.4 Å². The standard InChI is InChI=1S/C27H37F2N3O3.C2H6/c1-16(2)34-25(33)23(35-26(4,5)6)21-17(3)30-15-19(18-13-20(28)24(29)31-14-18)22(21)32-11-9-27(7,8)10-12-32;1-2/h13-16,23H,9-12H2,1-8H3;1-2H3/t23-;/m0./s1. The minimum Gasteiger partial charge on any atom is -0.461 e. The van der Waals surface area contributed by atoms with Crippen LogP contribution in [0.4, 0.5) is 14.5 Å². The third-order valence-electron chi connectivity index (χ3n) is 6.13.